The first-order chi connectivity index (χ1) is 20.4. The van der Waals surface area contributed by atoms with E-state index in [-0.39, 0.29) is 29.8 Å². The number of fused-ring (bicyclic) bond motifs is 5. The molecule has 12 heteroatoms. The molecule has 1 saturated carbocycles. The first kappa shape index (κ1) is 27.5. The maximum Gasteiger partial charge on any atom is 0.328 e. The molecule has 6 unspecified atom stereocenters. The van der Waals surface area contributed by atoms with Crippen molar-refractivity contribution in [3.05, 3.63) is 83.7 Å². The van der Waals surface area contributed by atoms with E-state index in [1.54, 1.807) is 42.5 Å². The second kappa shape index (κ2) is 9.11. The molecule has 0 bridgehead atoms. The van der Waals surface area contributed by atoms with Crippen LogP contribution < -0.4 is 10.6 Å². The number of allylic oxidation sites excluding steroid dienone is 2. The van der Waals surface area contributed by atoms with E-state index in [9.17, 15) is 33.5 Å². The molecule has 43 heavy (non-hydrogen) atoms. The molecule has 0 spiro atoms. The molecule has 2 saturated heterocycles. The number of nitrogens with zero attached hydrogens (tertiary/aromatic N) is 2. The smallest absolute Gasteiger partial charge is 0.328 e. The third-order valence-electron chi connectivity index (χ3n) is 9.36. The molecule has 3 aromatic carbocycles. The van der Waals surface area contributed by atoms with E-state index in [4.69, 9.17) is 28.9 Å². The molecule has 218 valence electrons. The number of nitrogens with two attached hydrogens (primary N) is 1. The number of carbonyl (C=O) groups excluding carboxylic acids is 5. The van der Waals surface area contributed by atoms with Crippen LogP contribution in [0.25, 0.3) is 10.8 Å². The van der Waals surface area contributed by atoms with Crippen molar-refractivity contribution in [1.29, 1.82) is 0 Å². The maximum absolute atomic E-state index is 14.4. The third kappa shape index (κ3) is 3.41. The van der Waals surface area contributed by atoms with E-state index < -0.39 is 68.9 Å². The fraction of sp³-hybridized carbons (Fsp3) is 0.258. The summed E-state index contributed by atoms with van der Waals surface area (Å²) < 4.78 is 13.8. The number of phenolic OH excluding ortho intramolecular Hbond substituents is 1. The zero-order valence-corrected chi connectivity index (χ0v) is 23.7. The van der Waals surface area contributed by atoms with Gasteiger partial charge in [-0.25, -0.2) is 14.1 Å². The van der Waals surface area contributed by atoms with E-state index in [0.717, 1.165) is 17.0 Å². The van der Waals surface area contributed by atoms with Gasteiger partial charge in [0.25, 0.3) is 11.8 Å². The van der Waals surface area contributed by atoms with Crippen LogP contribution >= 0.6 is 23.2 Å². The molecular formula is C31H22Cl2FN3O6. The minimum Gasteiger partial charge on any atom is -0.507 e. The minimum atomic E-state index is -2.20. The van der Waals surface area contributed by atoms with Crippen LogP contribution in [0.15, 0.2) is 72.3 Å². The summed E-state index contributed by atoms with van der Waals surface area (Å²) in [6, 6.07) is 13.8. The highest BCUT2D eigenvalue weighted by atomic mass is 35.5. The normalized spacial score (nSPS) is 31.7. The first-order valence-electron chi connectivity index (χ1n) is 13.5. The highest BCUT2D eigenvalue weighted by molar-refractivity contribution is 6.58. The van der Waals surface area contributed by atoms with Gasteiger partial charge in [0, 0.05) is 16.9 Å². The SMILES string of the molecule is NC(=O)N1C(=O)C2CC=C3C(CC4(Cl)C(=O)N(c5ccc(F)cc5)C(=O)C4(Cl)C3c3ccc4ccccc4c3O)C2C1=O. The number of halogens is 3. The maximum atomic E-state index is 14.4. The summed E-state index contributed by atoms with van der Waals surface area (Å²) in [4.78, 5) is 64.1. The Bertz CT molecular complexity index is 1850. The largest absolute Gasteiger partial charge is 0.507 e. The Balaban J connectivity index is 1.47. The summed E-state index contributed by atoms with van der Waals surface area (Å²) in [5.41, 5.74) is 6.04. The van der Waals surface area contributed by atoms with Gasteiger partial charge in [-0.3, -0.25) is 19.2 Å². The van der Waals surface area contributed by atoms with Gasteiger partial charge in [-0.15, -0.1) is 23.2 Å². The van der Waals surface area contributed by atoms with E-state index in [0.29, 0.717) is 21.2 Å². The molecule has 3 fully saturated rings. The molecule has 3 N–H and O–H groups in total. The number of phenols is 1. The average Bonchev–Trinajstić information content (AvgIpc) is 3.32. The van der Waals surface area contributed by atoms with Crippen LogP contribution in [0.3, 0.4) is 0 Å². The minimum absolute atomic E-state index is 0.0295. The Labute approximate surface area is 253 Å². The summed E-state index contributed by atoms with van der Waals surface area (Å²) in [5, 5.41) is 12.8. The first-order valence-corrected chi connectivity index (χ1v) is 14.3. The summed E-state index contributed by atoms with van der Waals surface area (Å²) in [6.45, 7) is 0. The van der Waals surface area contributed by atoms with Crippen molar-refractivity contribution in [3.8, 4) is 5.75 Å². The van der Waals surface area contributed by atoms with Crippen molar-refractivity contribution < 1.29 is 33.5 Å². The second-order valence-electron chi connectivity index (χ2n) is 11.3. The molecule has 7 rings (SSSR count). The Morgan fingerprint density at radius 1 is 0.930 bits per heavy atom. The standard InChI is InChI=1S/C31H22Cl2FN3O6/c32-30-13-21-18(11-12-19-22(21)26(40)37(25(19)39)29(35)43)23(20-10-5-14-3-1-2-4-17(14)24(20)38)31(30,33)28(42)36(27(30)41)16-8-6-15(34)7-9-16/h1-11,19,21-23,38H,12-13H2,(H2,35,43). The number of benzene rings is 3. The number of anilines is 1. The van der Waals surface area contributed by atoms with Crippen molar-refractivity contribution in [3.63, 3.8) is 0 Å². The number of amides is 6. The van der Waals surface area contributed by atoms with Crippen molar-refractivity contribution in [2.24, 2.45) is 23.5 Å². The molecule has 2 aliphatic heterocycles. The molecule has 4 aliphatic rings. The van der Waals surface area contributed by atoms with Gasteiger partial charge < -0.3 is 10.8 Å². The van der Waals surface area contributed by atoms with Gasteiger partial charge in [-0.1, -0.05) is 48.0 Å². The lowest BCUT2D eigenvalue weighted by molar-refractivity contribution is -0.136. The quantitative estimate of drug-likeness (QED) is 0.248. The van der Waals surface area contributed by atoms with Crippen molar-refractivity contribution in [1.82, 2.24) is 4.90 Å². The molecular weight excluding hydrogens is 600 g/mol. The van der Waals surface area contributed by atoms with Crippen LogP contribution in [0.4, 0.5) is 14.9 Å². The fourth-order valence-electron chi connectivity index (χ4n) is 7.47. The van der Waals surface area contributed by atoms with Gasteiger partial charge in [0.15, 0.2) is 9.75 Å². The average molecular weight is 622 g/mol. The number of alkyl halides is 2. The molecule has 0 aromatic heterocycles. The van der Waals surface area contributed by atoms with Crippen molar-refractivity contribution >= 4 is 69.3 Å². The van der Waals surface area contributed by atoms with Crippen LogP contribution in [0, 0.1) is 23.6 Å². The molecule has 2 heterocycles. The number of hydrogen-bond donors (Lipinski definition) is 2. The lowest BCUT2D eigenvalue weighted by Crippen LogP contribution is -2.60. The van der Waals surface area contributed by atoms with E-state index in [1.807, 2.05) is 0 Å². The number of urea groups is 1. The number of imide groups is 4. The monoisotopic (exact) mass is 621 g/mol. The van der Waals surface area contributed by atoms with Crippen molar-refractivity contribution in [2.75, 3.05) is 4.90 Å². The summed E-state index contributed by atoms with van der Waals surface area (Å²) in [5.74, 6) is -8.33. The summed E-state index contributed by atoms with van der Waals surface area (Å²) in [6.07, 6.45) is 1.38. The van der Waals surface area contributed by atoms with Gasteiger partial charge in [-0.2, -0.15) is 4.90 Å². The number of primary amides is 1. The van der Waals surface area contributed by atoms with E-state index in [1.165, 1.54) is 12.1 Å². The Kier molecular flexibility index (Phi) is 5.84. The number of likely N-dealkylation sites (tertiary alicyclic amines) is 1. The number of carbonyl (C=O) groups is 5. The van der Waals surface area contributed by atoms with Gasteiger partial charge in [0.2, 0.25) is 11.8 Å². The zero-order valence-electron chi connectivity index (χ0n) is 22.2. The molecule has 6 atom stereocenters. The molecule has 9 nitrogen and oxygen atoms in total. The van der Waals surface area contributed by atoms with Crippen LogP contribution in [0.2, 0.25) is 0 Å². The Morgan fingerprint density at radius 3 is 2.33 bits per heavy atom. The number of hydrogen-bond acceptors (Lipinski definition) is 6. The van der Waals surface area contributed by atoms with Gasteiger partial charge in [0.05, 0.1) is 17.5 Å². The molecule has 0 radical (unpaired) electrons. The van der Waals surface area contributed by atoms with Crippen molar-refractivity contribution in [2.45, 2.75) is 28.5 Å². The topological polar surface area (TPSA) is 138 Å². The zero-order chi connectivity index (χ0) is 30.6. The Hall–Kier alpha value is -4.28. The molecule has 2 aliphatic carbocycles. The lowest BCUT2D eigenvalue weighted by Gasteiger charge is -2.50. The lowest BCUT2D eigenvalue weighted by atomic mass is 9.56. The number of rotatable bonds is 2. The van der Waals surface area contributed by atoms with Crippen LogP contribution in [-0.4, -0.2) is 49.4 Å². The molecule has 3 aromatic rings. The molecule has 6 amide bonds. The second-order valence-corrected chi connectivity index (χ2v) is 12.6. The summed E-state index contributed by atoms with van der Waals surface area (Å²) in [7, 11) is 0. The third-order valence-corrected chi connectivity index (χ3v) is 10.8. The van der Waals surface area contributed by atoms with Gasteiger partial charge in [-0.05, 0) is 48.4 Å². The highest BCUT2D eigenvalue weighted by Crippen LogP contribution is 2.66. The van der Waals surface area contributed by atoms with Gasteiger partial charge >= 0.3 is 6.03 Å². The Morgan fingerprint density at radius 2 is 1.63 bits per heavy atom. The van der Waals surface area contributed by atoms with E-state index >= 15 is 0 Å². The predicted molar refractivity (Wildman–Crippen MR) is 154 cm³/mol. The van der Waals surface area contributed by atoms with E-state index in [2.05, 4.69) is 0 Å². The highest BCUT2D eigenvalue weighted by Gasteiger charge is 2.77. The van der Waals surface area contributed by atoms with Gasteiger partial charge in [0.1, 0.15) is 11.6 Å². The van der Waals surface area contributed by atoms with Crippen LogP contribution in [0.5, 0.6) is 5.75 Å². The van der Waals surface area contributed by atoms with Crippen LogP contribution in [0.1, 0.15) is 24.3 Å². The summed E-state index contributed by atoms with van der Waals surface area (Å²) >= 11 is 14.6. The predicted octanol–water partition coefficient (Wildman–Crippen LogP) is 4.33. The van der Waals surface area contributed by atoms with Crippen LogP contribution in [-0.2, 0) is 19.2 Å². The number of aromatic hydroxyl groups is 1. The fourth-order valence-corrected chi connectivity index (χ4v) is 8.39.